The Morgan fingerprint density at radius 1 is 1.55 bits per heavy atom. The molecule has 0 unspecified atom stereocenters. The average molecular weight is 169 g/mol. The SMILES string of the molecule is CC(C)(C#N)c1ccc(F)s1. The van der Waals surface area contributed by atoms with E-state index >= 15 is 0 Å². The second kappa shape index (κ2) is 2.63. The number of hydrogen-bond donors (Lipinski definition) is 0. The lowest BCUT2D eigenvalue weighted by Crippen LogP contribution is -2.10. The van der Waals surface area contributed by atoms with Gasteiger partial charge in [-0.15, -0.1) is 11.3 Å². The Morgan fingerprint density at radius 3 is 2.55 bits per heavy atom. The van der Waals surface area contributed by atoms with Crippen LogP contribution in [-0.2, 0) is 5.41 Å². The summed E-state index contributed by atoms with van der Waals surface area (Å²) in [4.78, 5) is 0.775. The van der Waals surface area contributed by atoms with Crippen LogP contribution < -0.4 is 0 Å². The Kier molecular flexibility index (Phi) is 1.97. The van der Waals surface area contributed by atoms with Crippen molar-refractivity contribution in [3.8, 4) is 6.07 Å². The standard InChI is InChI=1S/C8H8FNS/c1-8(2,5-10)6-3-4-7(9)11-6/h3-4H,1-2H3. The summed E-state index contributed by atoms with van der Waals surface area (Å²) in [7, 11) is 0. The van der Waals surface area contributed by atoms with Crippen molar-refractivity contribution in [2.45, 2.75) is 19.3 Å². The summed E-state index contributed by atoms with van der Waals surface area (Å²) in [6, 6.07) is 5.16. The second-order valence-corrected chi connectivity index (χ2v) is 3.87. The zero-order valence-electron chi connectivity index (χ0n) is 6.39. The molecule has 1 aromatic heterocycles. The molecule has 0 aliphatic rings. The number of rotatable bonds is 1. The highest BCUT2D eigenvalue weighted by molar-refractivity contribution is 7.10. The van der Waals surface area contributed by atoms with Gasteiger partial charge in [-0.25, -0.2) is 0 Å². The van der Waals surface area contributed by atoms with Gasteiger partial charge in [0, 0.05) is 4.88 Å². The summed E-state index contributed by atoms with van der Waals surface area (Å²) in [5.74, 6) is 0. The number of nitriles is 1. The molecule has 0 aliphatic carbocycles. The highest BCUT2D eigenvalue weighted by Crippen LogP contribution is 2.28. The van der Waals surface area contributed by atoms with Crippen molar-refractivity contribution >= 4 is 11.3 Å². The van der Waals surface area contributed by atoms with Crippen LogP contribution in [0.25, 0.3) is 0 Å². The molecule has 0 N–H and O–H groups in total. The van der Waals surface area contributed by atoms with E-state index in [1.165, 1.54) is 6.07 Å². The first-order valence-corrected chi connectivity index (χ1v) is 4.05. The molecule has 1 aromatic rings. The third-order valence-electron chi connectivity index (χ3n) is 1.47. The molecule has 0 amide bonds. The molecule has 0 spiro atoms. The zero-order chi connectivity index (χ0) is 8.48. The van der Waals surface area contributed by atoms with Crippen LogP contribution >= 0.6 is 11.3 Å². The van der Waals surface area contributed by atoms with Crippen LogP contribution in [0.5, 0.6) is 0 Å². The molecule has 11 heavy (non-hydrogen) atoms. The molecule has 1 rings (SSSR count). The molecule has 0 aromatic carbocycles. The third kappa shape index (κ3) is 1.58. The van der Waals surface area contributed by atoms with E-state index in [-0.39, 0.29) is 5.13 Å². The van der Waals surface area contributed by atoms with E-state index in [1.807, 2.05) is 0 Å². The van der Waals surface area contributed by atoms with Gasteiger partial charge in [0.2, 0.25) is 0 Å². The van der Waals surface area contributed by atoms with Crippen molar-refractivity contribution in [3.05, 3.63) is 22.1 Å². The Morgan fingerprint density at radius 2 is 2.18 bits per heavy atom. The van der Waals surface area contributed by atoms with Gasteiger partial charge in [-0.3, -0.25) is 0 Å². The van der Waals surface area contributed by atoms with Crippen molar-refractivity contribution in [1.82, 2.24) is 0 Å². The van der Waals surface area contributed by atoms with E-state index < -0.39 is 5.41 Å². The van der Waals surface area contributed by atoms with Gasteiger partial charge in [0.25, 0.3) is 0 Å². The van der Waals surface area contributed by atoms with E-state index in [0.29, 0.717) is 0 Å². The van der Waals surface area contributed by atoms with Gasteiger partial charge in [0.1, 0.15) is 0 Å². The first kappa shape index (κ1) is 8.22. The van der Waals surface area contributed by atoms with Crippen molar-refractivity contribution < 1.29 is 4.39 Å². The van der Waals surface area contributed by atoms with Crippen molar-refractivity contribution in [3.63, 3.8) is 0 Å². The van der Waals surface area contributed by atoms with Crippen LogP contribution in [-0.4, -0.2) is 0 Å². The Balaban J connectivity index is 3.04. The molecule has 1 nitrogen and oxygen atoms in total. The van der Waals surface area contributed by atoms with Gasteiger partial charge in [0.15, 0.2) is 5.13 Å². The summed E-state index contributed by atoms with van der Waals surface area (Å²) < 4.78 is 12.5. The smallest absolute Gasteiger partial charge is 0.176 e. The molecule has 1 heterocycles. The molecular formula is C8H8FNS. The molecule has 0 bridgehead atoms. The highest BCUT2D eigenvalue weighted by Gasteiger charge is 2.21. The van der Waals surface area contributed by atoms with Gasteiger partial charge in [-0.1, -0.05) is 0 Å². The highest BCUT2D eigenvalue weighted by atomic mass is 32.1. The minimum atomic E-state index is -0.561. The monoisotopic (exact) mass is 169 g/mol. The normalized spacial score (nSPS) is 11.1. The molecular weight excluding hydrogens is 161 g/mol. The Labute approximate surface area is 69.1 Å². The maximum atomic E-state index is 12.5. The van der Waals surface area contributed by atoms with Gasteiger partial charge >= 0.3 is 0 Å². The number of hydrogen-bond acceptors (Lipinski definition) is 2. The topological polar surface area (TPSA) is 23.8 Å². The van der Waals surface area contributed by atoms with E-state index in [2.05, 4.69) is 6.07 Å². The second-order valence-electron chi connectivity index (χ2n) is 2.84. The summed E-state index contributed by atoms with van der Waals surface area (Å²) in [6.45, 7) is 3.55. The van der Waals surface area contributed by atoms with Gasteiger partial charge in [-0.05, 0) is 26.0 Å². The lowest BCUT2D eigenvalue weighted by molar-refractivity contribution is 0.657. The zero-order valence-corrected chi connectivity index (χ0v) is 7.20. The van der Waals surface area contributed by atoms with E-state index in [0.717, 1.165) is 16.2 Å². The lowest BCUT2D eigenvalue weighted by atomic mass is 9.94. The molecule has 0 atom stereocenters. The quantitative estimate of drug-likeness (QED) is 0.634. The van der Waals surface area contributed by atoms with Crippen LogP contribution in [0.1, 0.15) is 18.7 Å². The molecule has 0 aliphatic heterocycles. The molecule has 0 radical (unpaired) electrons. The van der Waals surface area contributed by atoms with E-state index in [4.69, 9.17) is 5.26 Å². The van der Waals surface area contributed by atoms with E-state index in [9.17, 15) is 4.39 Å². The van der Waals surface area contributed by atoms with E-state index in [1.54, 1.807) is 19.9 Å². The third-order valence-corrected chi connectivity index (χ3v) is 2.67. The average Bonchev–Trinajstić information content (AvgIpc) is 2.36. The maximum Gasteiger partial charge on any atom is 0.176 e. The summed E-state index contributed by atoms with van der Waals surface area (Å²) in [6.07, 6.45) is 0. The predicted octanol–water partition coefficient (Wildman–Crippen LogP) is 2.69. The van der Waals surface area contributed by atoms with Gasteiger partial charge in [-0.2, -0.15) is 9.65 Å². The Hall–Kier alpha value is -0.880. The van der Waals surface area contributed by atoms with Crippen molar-refractivity contribution in [2.75, 3.05) is 0 Å². The minimum Gasteiger partial charge on any atom is -0.197 e. The number of halogens is 1. The molecule has 0 saturated heterocycles. The molecule has 0 fully saturated rings. The first-order valence-electron chi connectivity index (χ1n) is 3.23. The van der Waals surface area contributed by atoms with Crippen LogP contribution in [0.4, 0.5) is 4.39 Å². The van der Waals surface area contributed by atoms with Gasteiger partial charge < -0.3 is 0 Å². The molecule has 3 heteroatoms. The largest absolute Gasteiger partial charge is 0.197 e. The van der Waals surface area contributed by atoms with Crippen LogP contribution in [0.15, 0.2) is 12.1 Å². The summed E-state index contributed by atoms with van der Waals surface area (Å²) in [5.41, 5.74) is -0.561. The van der Waals surface area contributed by atoms with Crippen LogP contribution in [0.2, 0.25) is 0 Å². The predicted molar refractivity (Wildman–Crippen MR) is 42.9 cm³/mol. The Bertz CT molecular complexity index is 295. The maximum absolute atomic E-state index is 12.5. The lowest BCUT2D eigenvalue weighted by Gasteiger charge is -2.10. The molecule has 58 valence electrons. The summed E-state index contributed by atoms with van der Waals surface area (Å²) in [5, 5.41) is 8.46. The fourth-order valence-electron chi connectivity index (χ4n) is 0.705. The first-order chi connectivity index (χ1) is 5.06. The fraction of sp³-hybridized carbons (Fsp3) is 0.375. The number of nitrogens with zero attached hydrogens (tertiary/aromatic N) is 1. The number of thiophene rings is 1. The van der Waals surface area contributed by atoms with Crippen LogP contribution in [0, 0.1) is 16.5 Å². The van der Waals surface area contributed by atoms with Crippen molar-refractivity contribution in [2.24, 2.45) is 0 Å². The minimum absolute atomic E-state index is 0.233. The van der Waals surface area contributed by atoms with Crippen molar-refractivity contribution in [1.29, 1.82) is 5.26 Å². The van der Waals surface area contributed by atoms with Crippen LogP contribution in [0.3, 0.4) is 0 Å². The molecule has 0 saturated carbocycles. The van der Waals surface area contributed by atoms with Gasteiger partial charge in [0.05, 0.1) is 11.5 Å². The summed E-state index contributed by atoms with van der Waals surface area (Å²) >= 11 is 1.03. The fourth-order valence-corrected chi connectivity index (χ4v) is 1.49.